The van der Waals surface area contributed by atoms with Gasteiger partial charge in [0.25, 0.3) is 0 Å². The summed E-state index contributed by atoms with van der Waals surface area (Å²) in [6.07, 6.45) is 2.86. The molecular formula is C18H16FN3O. The quantitative estimate of drug-likeness (QED) is 0.677. The fourth-order valence-corrected chi connectivity index (χ4v) is 1.93. The van der Waals surface area contributed by atoms with Crippen LogP contribution in [0.3, 0.4) is 0 Å². The Kier molecular flexibility index (Phi) is 5.11. The Balaban J connectivity index is 2.03. The van der Waals surface area contributed by atoms with Crippen LogP contribution in [-0.4, -0.2) is 19.9 Å². The number of hydrogen-bond acceptors (Lipinski definition) is 4. The van der Waals surface area contributed by atoms with Gasteiger partial charge in [-0.2, -0.15) is 5.26 Å². The van der Waals surface area contributed by atoms with Crippen LogP contribution >= 0.6 is 0 Å². The molecule has 0 heterocycles. The molecule has 0 aliphatic rings. The minimum Gasteiger partial charge on any atom is -0.378 e. The second-order valence-electron chi connectivity index (χ2n) is 5.09. The molecule has 0 radical (unpaired) electrons. The lowest BCUT2D eigenvalue weighted by Crippen LogP contribution is -2.08. The van der Waals surface area contributed by atoms with Gasteiger partial charge in [-0.15, -0.1) is 0 Å². The number of carbonyl (C=O) groups excluding carboxylic acids is 1. The van der Waals surface area contributed by atoms with Crippen molar-refractivity contribution in [1.29, 1.82) is 5.26 Å². The van der Waals surface area contributed by atoms with E-state index < -0.39 is 5.82 Å². The number of hydrogen-bond donors (Lipinski definition) is 1. The minimum absolute atomic E-state index is 0.142. The first kappa shape index (κ1) is 16.2. The molecule has 0 saturated heterocycles. The van der Waals surface area contributed by atoms with Crippen molar-refractivity contribution in [2.75, 3.05) is 24.3 Å². The topological polar surface area (TPSA) is 56.1 Å². The molecule has 0 spiro atoms. The summed E-state index contributed by atoms with van der Waals surface area (Å²) in [6, 6.07) is 13.1. The first-order valence-corrected chi connectivity index (χ1v) is 6.95. The van der Waals surface area contributed by atoms with Crippen molar-refractivity contribution in [1.82, 2.24) is 0 Å². The molecule has 116 valence electrons. The van der Waals surface area contributed by atoms with Crippen LogP contribution in [0.4, 0.5) is 15.8 Å². The van der Waals surface area contributed by atoms with Gasteiger partial charge in [0.2, 0.25) is 0 Å². The molecule has 0 bridgehead atoms. The lowest BCUT2D eigenvalue weighted by Gasteiger charge is -2.12. The summed E-state index contributed by atoms with van der Waals surface area (Å²) in [5.74, 6) is -0.939. The van der Waals surface area contributed by atoms with E-state index in [-0.39, 0.29) is 16.9 Å². The first-order valence-electron chi connectivity index (χ1n) is 6.95. The molecule has 5 heteroatoms. The zero-order valence-corrected chi connectivity index (χ0v) is 12.9. The van der Waals surface area contributed by atoms with Crippen LogP contribution in [-0.2, 0) is 0 Å². The molecule has 0 aromatic heterocycles. The largest absolute Gasteiger partial charge is 0.378 e. The smallest absolute Gasteiger partial charge is 0.187 e. The van der Waals surface area contributed by atoms with E-state index in [0.717, 1.165) is 17.4 Å². The second-order valence-corrected chi connectivity index (χ2v) is 5.09. The third-order valence-electron chi connectivity index (χ3n) is 3.24. The number of halogens is 1. The number of allylic oxidation sites excluding steroid dienone is 1. The Hall–Kier alpha value is -3.13. The van der Waals surface area contributed by atoms with Crippen molar-refractivity contribution in [2.45, 2.75) is 0 Å². The summed E-state index contributed by atoms with van der Waals surface area (Å²) < 4.78 is 13.2. The number of nitrogens with one attached hydrogen (secondary N) is 1. The number of ketones is 1. The van der Waals surface area contributed by atoms with Crippen LogP contribution < -0.4 is 10.2 Å². The van der Waals surface area contributed by atoms with Gasteiger partial charge >= 0.3 is 0 Å². The Bertz CT molecular complexity index is 774. The van der Waals surface area contributed by atoms with Gasteiger partial charge in [-0.3, -0.25) is 4.79 Å². The highest BCUT2D eigenvalue weighted by molar-refractivity contribution is 6.04. The zero-order chi connectivity index (χ0) is 16.8. The Labute approximate surface area is 134 Å². The number of carbonyl (C=O) groups is 1. The van der Waals surface area contributed by atoms with Crippen molar-refractivity contribution in [3.05, 3.63) is 71.7 Å². The third kappa shape index (κ3) is 4.17. The molecule has 1 N–H and O–H groups in total. The van der Waals surface area contributed by atoms with Crippen molar-refractivity contribution in [3.8, 4) is 6.07 Å². The summed E-state index contributed by atoms with van der Waals surface area (Å²) >= 11 is 0. The second kappa shape index (κ2) is 7.23. The van der Waals surface area contributed by atoms with E-state index in [9.17, 15) is 9.18 Å². The van der Waals surface area contributed by atoms with Gasteiger partial charge in [0, 0.05) is 43.3 Å². The molecule has 0 unspecified atom stereocenters. The molecule has 0 atom stereocenters. The van der Waals surface area contributed by atoms with Crippen LogP contribution in [0.5, 0.6) is 0 Å². The number of nitriles is 1. The molecule has 4 nitrogen and oxygen atoms in total. The first-order chi connectivity index (χ1) is 11.0. The van der Waals surface area contributed by atoms with Crippen molar-refractivity contribution in [3.63, 3.8) is 0 Å². The fourth-order valence-electron chi connectivity index (χ4n) is 1.93. The normalized spacial score (nSPS) is 10.3. The summed E-state index contributed by atoms with van der Waals surface area (Å²) in [5.41, 5.74) is 2.04. The number of nitrogens with zero attached hydrogens (tertiary/aromatic N) is 2. The van der Waals surface area contributed by atoms with Crippen molar-refractivity contribution in [2.24, 2.45) is 0 Å². The van der Waals surface area contributed by atoms with E-state index in [1.807, 2.05) is 43.3 Å². The zero-order valence-electron chi connectivity index (χ0n) is 12.9. The summed E-state index contributed by atoms with van der Waals surface area (Å²) in [4.78, 5) is 14.0. The monoisotopic (exact) mass is 309 g/mol. The number of benzene rings is 2. The molecule has 0 fully saturated rings. The van der Waals surface area contributed by atoms with Crippen molar-refractivity contribution >= 4 is 17.2 Å². The molecule has 0 aliphatic carbocycles. The average Bonchev–Trinajstić information content (AvgIpc) is 2.55. The maximum atomic E-state index is 13.2. The molecule has 2 aromatic rings. The van der Waals surface area contributed by atoms with Crippen LogP contribution in [0.1, 0.15) is 15.9 Å². The number of anilines is 2. The van der Waals surface area contributed by atoms with Crippen LogP contribution in [0.2, 0.25) is 0 Å². The maximum Gasteiger partial charge on any atom is 0.187 e. The molecular weight excluding hydrogens is 293 g/mol. The standard InChI is InChI=1S/C18H16FN3O/c1-22(2)16-6-4-15(5-7-16)21-10-9-18(23)13-3-8-17(19)14(11-13)12-20/h3-11,21H,1-2H3. The predicted molar refractivity (Wildman–Crippen MR) is 89.0 cm³/mol. The Morgan fingerprint density at radius 3 is 2.52 bits per heavy atom. The highest BCUT2D eigenvalue weighted by Gasteiger charge is 2.07. The fraction of sp³-hybridized carbons (Fsp3) is 0.111. The van der Waals surface area contributed by atoms with Gasteiger partial charge in [0.15, 0.2) is 5.78 Å². The van der Waals surface area contributed by atoms with Gasteiger partial charge in [0.1, 0.15) is 11.9 Å². The molecule has 0 saturated carbocycles. The van der Waals surface area contributed by atoms with E-state index >= 15 is 0 Å². The van der Waals surface area contributed by atoms with Gasteiger partial charge in [-0.05, 0) is 42.5 Å². The molecule has 2 aromatic carbocycles. The van der Waals surface area contributed by atoms with E-state index in [4.69, 9.17) is 5.26 Å². The predicted octanol–water partition coefficient (Wildman–Crippen LogP) is 3.57. The Morgan fingerprint density at radius 1 is 1.22 bits per heavy atom. The van der Waals surface area contributed by atoms with Gasteiger partial charge < -0.3 is 10.2 Å². The SMILES string of the molecule is CN(C)c1ccc(NC=CC(=O)c2ccc(F)c(C#N)c2)cc1. The van der Waals surface area contributed by atoms with E-state index in [2.05, 4.69) is 5.32 Å². The van der Waals surface area contributed by atoms with Gasteiger partial charge in [0.05, 0.1) is 5.56 Å². The summed E-state index contributed by atoms with van der Waals surface area (Å²) in [6.45, 7) is 0. The van der Waals surface area contributed by atoms with E-state index in [1.165, 1.54) is 24.4 Å². The van der Waals surface area contributed by atoms with Gasteiger partial charge in [-0.1, -0.05) is 0 Å². The summed E-state index contributed by atoms with van der Waals surface area (Å²) in [7, 11) is 3.92. The van der Waals surface area contributed by atoms with Crippen molar-refractivity contribution < 1.29 is 9.18 Å². The van der Waals surface area contributed by atoms with Crippen LogP contribution in [0, 0.1) is 17.1 Å². The highest BCUT2D eigenvalue weighted by atomic mass is 19.1. The molecule has 23 heavy (non-hydrogen) atoms. The van der Waals surface area contributed by atoms with E-state index in [1.54, 1.807) is 6.07 Å². The van der Waals surface area contributed by atoms with E-state index in [0.29, 0.717) is 0 Å². The average molecular weight is 309 g/mol. The summed E-state index contributed by atoms with van der Waals surface area (Å²) in [5, 5.41) is 11.8. The van der Waals surface area contributed by atoms with Crippen LogP contribution in [0.25, 0.3) is 0 Å². The molecule has 0 amide bonds. The lowest BCUT2D eigenvalue weighted by atomic mass is 10.1. The lowest BCUT2D eigenvalue weighted by molar-refractivity contribution is 0.104. The third-order valence-corrected chi connectivity index (χ3v) is 3.24. The number of rotatable bonds is 5. The molecule has 2 rings (SSSR count). The molecule has 0 aliphatic heterocycles. The van der Waals surface area contributed by atoms with Gasteiger partial charge in [-0.25, -0.2) is 4.39 Å². The minimum atomic E-state index is -0.632. The van der Waals surface area contributed by atoms with Crippen LogP contribution in [0.15, 0.2) is 54.7 Å². The highest BCUT2D eigenvalue weighted by Crippen LogP contribution is 2.16. The Morgan fingerprint density at radius 2 is 1.91 bits per heavy atom. The maximum absolute atomic E-state index is 13.2.